The van der Waals surface area contributed by atoms with E-state index in [0.29, 0.717) is 24.5 Å². The number of ether oxygens (including phenoxy) is 1. The van der Waals surface area contributed by atoms with Crippen LogP contribution in [0.25, 0.3) is 0 Å². The van der Waals surface area contributed by atoms with E-state index in [9.17, 15) is 0 Å². The average Bonchev–Trinajstić information content (AvgIpc) is 2.91. The summed E-state index contributed by atoms with van der Waals surface area (Å²) in [5.74, 6) is 0.952. The quantitative estimate of drug-likeness (QED) is 0.615. The number of hydrogen-bond donors (Lipinski definition) is 2. The van der Waals surface area contributed by atoms with E-state index in [0.717, 1.165) is 18.7 Å². The molecule has 0 amide bonds. The zero-order chi connectivity index (χ0) is 13.2. The number of nitrogens with one attached hydrogen (secondary N) is 1. The standard InChI is InChI=1S/C13H21N5O/c1-18-11(4-6-16-18)12-9(5-7-19-12)8-15-13(14)17-10-2-3-10/h4,6,9-10,12H,2-3,5,7-8H2,1H3,(H3,14,15,17)/t9-,12+/m0/s1. The van der Waals surface area contributed by atoms with Crippen LogP contribution in [0.5, 0.6) is 0 Å². The molecule has 2 aliphatic rings. The Hall–Kier alpha value is -1.56. The number of guanidine groups is 1. The lowest BCUT2D eigenvalue weighted by atomic mass is 9.99. The van der Waals surface area contributed by atoms with Gasteiger partial charge in [-0.1, -0.05) is 0 Å². The molecule has 2 atom stereocenters. The summed E-state index contributed by atoms with van der Waals surface area (Å²) < 4.78 is 7.70. The Morgan fingerprint density at radius 1 is 1.58 bits per heavy atom. The van der Waals surface area contributed by atoms with Crippen LogP contribution in [0.3, 0.4) is 0 Å². The van der Waals surface area contributed by atoms with Gasteiger partial charge in [0.1, 0.15) is 6.10 Å². The Morgan fingerprint density at radius 3 is 3.11 bits per heavy atom. The SMILES string of the molecule is Cn1nccc1[C@@H]1OCC[C@H]1CN=C(N)NC1CC1. The Kier molecular flexibility index (Phi) is 3.42. The van der Waals surface area contributed by atoms with Crippen molar-refractivity contribution in [3.05, 3.63) is 18.0 Å². The van der Waals surface area contributed by atoms with Gasteiger partial charge in [0.15, 0.2) is 5.96 Å². The second kappa shape index (κ2) is 5.21. The van der Waals surface area contributed by atoms with Gasteiger partial charge in [0.2, 0.25) is 0 Å². The molecule has 6 nitrogen and oxygen atoms in total. The van der Waals surface area contributed by atoms with E-state index in [1.807, 2.05) is 17.8 Å². The van der Waals surface area contributed by atoms with Crippen LogP contribution < -0.4 is 11.1 Å². The summed E-state index contributed by atoms with van der Waals surface area (Å²) in [5.41, 5.74) is 6.98. The molecule has 0 spiro atoms. The lowest BCUT2D eigenvalue weighted by Gasteiger charge is -2.17. The third kappa shape index (κ3) is 2.89. The zero-order valence-electron chi connectivity index (χ0n) is 11.2. The van der Waals surface area contributed by atoms with E-state index in [2.05, 4.69) is 15.4 Å². The van der Waals surface area contributed by atoms with Gasteiger partial charge in [0, 0.05) is 38.4 Å². The molecular weight excluding hydrogens is 242 g/mol. The number of nitrogens with two attached hydrogens (primary N) is 1. The molecule has 104 valence electrons. The van der Waals surface area contributed by atoms with Crippen LogP contribution in [-0.4, -0.2) is 34.9 Å². The summed E-state index contributed by atoms with van der Waals surface area (Å²) in [6.45, 7) is 1.49. The maximum Gasteiger partial charge on any atom is 0.188 e. The Balaban J connectivity index is 1.61. The highest BCUT2D eigenvalue weighted by molar-refractivity contribution is 5.78. The van der Waals surface area contributed by atoms with E-state index in [4.69, 9.17) is 10.5 Å². The number of aliphatic imine (C=N–C) groups is 1. The predicted octanol–water partition coefficient (Wildman–Crippen LogP) is 0.564. The van der Waals surface area contributed by atoms with Crippen molar-refractivity contribution in [1.82, 2.24) is 15.1 Å². The minimum absolute atomic E-state index is 0.0879. The van der Waals surface area contributed by atoms with Crippen LogP contribution in [0.15, 0.2) is 17.3 Å². The van der Waals surface area contributed by atoms with Crippen molar-refractivity contribution in [2.75, 3.05) is 13.2 Å². The zero-order valence-corrected chi connectivity index (χ0v) is 11.2. The van der Waals surface area contributed by atoms with Crippen LogP contribution in [-0.2, 0) is 11.8 Å². The Bertz CT molecular complexity index is 465. The van der Waals surface area contributed by atoms with Gasteiger partial charge in [-0.2, -0.15) is 5.10 Å². The maximum atomic E-state index is 5.87. The molecule has 0 bridgehead atoms. The van der Waals surface area contributed by atoms with Gasteiger partial charge in [-0.25, -0.2) is 0 Å². The monoisotopic (exact) mass is 263 g/mol. The minimum Gasteiger partial charge on any atom is -0.372 e. The van der Waals surface area contributed by atoms with Gasteiger partial charge in [0.25, 0.3) is 0 Å². The summed E-state index contributed by atoms with van der Waals surface area (Å²) in [5, 5.41) is 7.41. The highest BCUT2D eigenvalue weighted by Gasteiger charge is 2.31. The number of aryl methyl sites for hydroxylation is 1. The van der Waals surface area contributed by atoms with E-state index >= 15 is 0 Å². The lowest BCUT2D eigenvalue weighted by Crippen LogP contribution is -2.34. The topological polar surface area (TPSA) is 77.5 Å². The van der Waals surface area contributed by atoms with Crippen molar-refractivity contribution in [1.29, 1.82) is 0 Å². The number of aromatic nitrogens is 2. The van der Waals surface area contributed by atoms with Crippen molar-refractivity contribution in [3.8, 4) is 0 Å². The van der Waals surface area contributed by atoms with Crippen LogP contribution in [0.2, 0.25) is 0 Å². The average molecular weight is 263 g/mol. The number of nitrogens with zero attached hydrogens (tertiary/aromatic N) is 3. The first kappa shape index (κ1) is 12.5. The van der Waals surface area contributed by atoms with E-state index in [1.54, 1.807) is 6.20 Å². The van der Waals surface area contributed by atoms with Crippen molar-refractivity contribution in [2.24, 2.45) is 23.7 Å². The molecule has 1 aliphatic heterocycles. The highest BCUT2D eigenvalue weighted by Crippen LogP contribution is 2.34. The third-order valence-electron chi connectivity index (χ3n) is 3.79. The second-order valence-electron chi connectivity index (χ2n) is 5.36. The molecule has 19 heavy (non-hydrogen) atoms. The summed E-state index contributed by atoms with van der Waals surface area (Å²) in [4.78, 5) is 4.45. The molecule has 0 radical (unpaired) electrons. The first-order valence-corrected chi connectivity index (χ1v) is 6.90. The van der Waals surface area contributed by atoms with Crippen LogP contribution >= 0.6 is 0 Å². The highest BCUT2D eigenvalue weighted by atomic mass is 16.5. The second-order valence-corrected chi connectivity index (χ2v) is 5.36. The Labute approximate surface area is 113 Å². The number of hydrogen-bond acceptors (Lipinski definition) is 3. The molecule has 2 heterocycles. The smallest absolute Gasteiger partial charge is 0.188 e. The molecule has 1 aromatic heterocycles. The van der Waals surface area contributed by atoms with Gasteiger partial charge in [0.05, 0.1) is 5.69 Å². The summed E-state index contributed by atoms with van der Waals surface area (Å²) in [7, 11) is 1.94. The fraction of sp³-hybridized carbons (Fsp3) is 0.692. The maximum absolute atomic E-state index is 5.87. The van der Waals surface area contributed by atoms with Crippen molar-refractivity contribution in [3.63, 3.8) is 0 Å². The molecule has 1 saturated carbocycles. The van der Waals surface area contributed by atoms with Crippen molar-refractivity contribution >= 4 is 5.96 Å². The van der Waals surface area contributed by atoms with Crippen molar-refractivity contribution < 1.29 is 4.74 Å². The number of rotatable bonds is 4. The van der Waals surface area contributed by atoms with Gasteiger partial charge < -0.3 is 15.8 Å². The molecule has 1 aliphatic carbocycles. The van der Waals surface area contributed by atoms with Crippen molar-refractivity contribution in [2.45, 2.75) is 31.4 Å². The van der Waals surface area contributed by atoms with Gasteiger partial charge in [-0.15, -0.1) is 0 Å². The third-order valence-corrected chi connectivity index (χ3v) is 3.79. The molecule has 1 saturated heterocycles. The molecule has 3 N–H and O–H groups in total. The summed E-state index contributed by atoms with van der Waals surface area (Å²) >= 11 is 0. The Morgan fingerprint density at radius 2 is 2.42 bits per heavy atom. The molecule has 3 rings (SSSR count). The first-order chi connectivity index (χ1) is 9.24. The molecular formula is C13H21N5O. The molecule has 0 unspecified atom stereocenters. The van der Waals surface area contributed by atoms with Gasteiger partial charge >= 0.3 is 0 Å². The normalized spacial score (nSPS) is 27.7. The van der Waals surface area contributed by atoms with E-state index in [-0.39, 0.29) is 6.10 Å². The van der Waals surface area contributed by atoms with E-state index < -0.39 is 0 Å². The van der Waals surface area contributed by atoms with Crippen LogP contribution in [0.4, 0.5) is 0 Å². The van der Waals surface area contributed by atoms with Crippen LogP contribution in [0.1, 0.15) is 31.1 Å². The minimum atomic E-state index is 0.0879. The summed E-state index contributed by atoms with van der Waals surface area (Å²) in [6.07, 6.45) is 5.34. The molecule has 1 aromatic rings. The van der Waals surface area contributed by atoms with E-state index in [1.165, 1.54) is 12.8 Å². The van der Waals surface area contributed by atoms with Crippen LogP contribution in [0, 0.1) is 5.92 Å². The van der Waals surface area contributed by atoms with Gasteiger partial charge in [-0.3, -0.25) is 9.67 Å². The fourth-order valence-corrected chi connectivity index (χ4v) is 2.51. The predicted molar refractivity (Wildman–Crippen MR) is 72.7 cm³/mol. The summed E-state index contributed by atoms with van der Waals surface area (Å²) in [6, 6.07) is 2.56. The fourth-order valence-electron chi connectivity index (χ4n) is 2.51. The largest absolute Gasteiger partial charge is 0.372 e. The van der Waals surface area contributed by atoms with Gasteiger partial charge in [-0.05, 0) is 25.3 Å². The molecule has 6 heteroatoms. The lowest BCUT2D eigenvalue weighted by molar-refractivity contribution is 0.0859. The molecule has 2 fully saturated rings. The molecule has 0 aromatic carbocycles. The first-order valence-electron chi connectivity index (χ1n) is 6.90.